The van der Waals surface area contributed by atoms with Gasteiger partial charge in [0.15, 0.2) is 0 Å². The number of carbonyl (C=O) groups is 1. The van der Waals surface area contributed by atoms with Gasteiger partial charge in [0, 0.05) is 24.3 Å². The molecule has 1 aliphatic rings. The lowest BCUT2D eigenvalue weighted by Crippen LogP contribution is -2.35. The number of nitrogens with zero attached hydrogens (tertiary/aromatic N) is 1. The SMILES string of the molecule is CN1CCC(Oc2ccc(-c3ccc(NC(=O)c4cccc5ccccc45)cc3)cc2)CC1. The van der Waals surface area contributed by atoms with Gasteiger partial charge in [-0.25, -0.2) is 0 Å². The lowest BCUT2D eigenvalue weighted by atomic mass is 10.0. The molecule has 4 aromatic carbocycles. The van der Waals surface area contributed by atoms with Gasteiger partial charge in [0.2, 0.25) is 0 Å². The van der Waals surface area contributed by atoms with Crippen molar-refractivity contribution in [1.29, 1.82) is 0 Å². The maximum absolute atomic E-state index is 12.9. The fourth-order valence-corrected chi connectivity index (χ4v) is 4.39. The first-order chi connectivity index (χ1) is 16.2. The second-order valence-corrected chi connectivity index (χ2v) is 8.70. The predicted octanol–water partition coefficient (Wildman–Crippen LogP) is 6.23. The summed E-state index contributed by atoms with van der Waals surface area (Å²) in [6.45, 7) is 2.18. The van der Waals surface area contributed by atoms with Crippen molar-refractivity contribution in [3.05, 3.63) is 96.6 Å². The molecule has 1 aliphatic heterocycles. The van der Waals surface area contributed by atoms with E-state index in [1.165, 1.54) is 0 Å². The molecule has 4 heteroatoms. The molecular formula is C29H28N2O2. The van der Waals surface area contributed by atoms with E-state index in [0.717, 1.165) is 59.3 Å². The van der Waals surface area contributed by atoms with Crippen LogP contribution in [0.15, 0.2) is 91.0 Å². The second kappa shape index (κ2) is 9.47. The van der Waals surface area contributed by atoms with Crippen molar-refractivity contribution >= 4 is 22.4 Å². The highest BCUT2D eigenvalue weighted by Gasteiger charge is 2.18. The van der Waals surface area contributed by atoms with Gasteiger partial charge in [-0.3, -0.25) is 4.79 Å². The molecule has 1 heterocycles. The molecule has 1 fully saturated rings. The van der Waals surface area contributed by atoms with Crippen molar-refractivity contribution in [3.63, 3.8) is 0 Å². The molecular weight excluding hydrogens is 408 g/mol. The average Bonchev–Trinajstić information content (AvgIpc) is 2.86. The predicted molar refractivity (Wildman–Crippen MR) is 135 cm³/mol. The van der Waals surface area contributed by atoms with Crippen LogP contribution in [-0.4, -0.2) is 37.0 Å². The van der Waals surface area contributed by atoms with Gasteiger partial charge in [-0.15, -0.1) is 0 Å². The van der Waals surface area contributed by atoms with Crippen LogP contribution < -0.4 is 10.1 Å². The summed E-state index contributed by atoms with van der Waals surface area (Å²) in [5.41, 5.74) is 3.68. The Morgan fingerprint density at radius 1 is 0.818 bits per heavy atom. The summed E-state index contributed by atoms with van der Waals surface area (Å²) in [6.07, 6.45) is 2.45. The monoisotopic (exact) mass is 436 g/mol. The summed E-state index contributed by atoms with van der Waals surface area (Å²) in [4.78, 5) is 15.2. The van der Waals surface area contributed by atoms with E-state index in [4.69, 9.17) is 4.74 Å². The Morgan fingerprint density at radius 3 is 2.18 bits per heavy atom. The quantitative estimate of drug-likeness (QED) is 0.403. The molecule has 1 N–H and O–H groups in total. The Kier molecular flexibility index (Phi) is 6.09. The van der Waals surface area contributed by atoms with Crippen LogP contribution >= 0.6 is 0 Å². The van der Waals surface area contributed by atoms with Gasteiger partial charge in [0.25, 0.3) is 5.91 Å². The third-order valence-electron chi connectivity index (χ3n) is 6.33. The summed E-state index contributed by atoms with van der Waals surface area (Å²) < 4.78 is 6.16. The molecule has 0 unspecified atom stereocenters. The summed E-state index contributed by atoms with van der Waals surface area (Å²) >= 11 is 0. The highest BCUT2D eigenvalue weighted by Crippen LogP contribution is 2.26. The van der Waals surface area contributed by atoms with Crippen LogP contribution in [0.4, 0.5) is 5.69 Å². The van der Waals surface area contributed by atoms with Gasteiger partial charge >= 0.3 is 0 Å². The maximum Gasteiger partial charge on any atom is 0.256 e. The molecule has 0 atom stereocenters. The molecule has 5 rings (SSSR count). The number of fused-ring (bicyclic) bond motifs is 1. The summed E-state index contributed by atoms with van der Waals surface area (Å²) in [7, 11) is 2.16. The van der Waals surface area contributed by atoms with Gasteiger partial charge in [-0.2, -0.15) is 0 Å². The van der Waals surface area contributed by atoms with Crippen LogP contribution in [0.2, 0.25) is 0 Å². The molecule has 0 radical (unpaired) electrons. The number of anilines is 1. The number of hydrogen-bond acceptors (Lipinski definition) is 3. The molecule has 0 aromatic heterocycles. The van der Waals surface area contributed by atoms with E-state index in [9.17, 15) is 4.79 Å². The van der Waals surface area contributed by atoms with Crippen LogP contribution in [0.3, 0.4) is 0 Å². The fraction of sp³-hybridized carbons (Fsp3) is 0.207. The molecule has 0 saturated carbocycles. The van der Waals surface area contributed by atoms with Crippen LogP contribution in [0.25, 0.3) is 21.9 Å². The van der Waals surface area contributed by atoms with Gasteiger partial charge in [-0.1, -0.05) is 60.7 Å². The minimum Gasteiger partial charge on any atom is -0.490 e. The summed E-state index contributed by atoms with van der Waals surface area (Å²) in [5, 5.41) is 5.04. The number of benzene rings is 4. The Labute approximate surface area is 194 Å². The van der Waals surface area contributed by atoms with E-state index in [0.29, 0.717) is 11.7 Å². The minimum absolute atomic E-state index is 0.102. The van der Waals surface area contributed by atoms with Crippen molar-refractivity contribution < 1.29 is 9.53 Å². The summed E-state index contributed by atoms with van der Waals surface area (Å²) in [5.74, 6) is 0.822. The lowest BCUT2D eigenvalue weighted by Gasteiger charge is -2.29. The highest BCUT2D eigenvalue weighted by atomic mass is 16.5. The topological polar surface area (TPSA) is 41.6 Å². The van der Waals surface area contributed by atoms with E-state index in [1.54, 1.807) is 0 Å². The molecule has 4 aromatic rings. The van der Waals surface area contributed by atoms with Crippen LogP contribution in [-0.2, 0) is 0 Å². The number of ether oxygens (including phenoxy) is 1. The van der Waals surface area contributed by atoms with Gasteiger partial charge in [-0.05, 0) is 72.1 Å². The largest absolute Gasteiger partial charge is 0.490 e. The first-order valence-electron chi connectivity index (χ1n) is 11.5. The van der Waals surface area contributed by atoms with Crippen molar-refractivity contribution in [2.75, 3.05) is 25.5 Å². The molecule has 166 valence electrons. The molecule has 4 nitrogen and oxygen atoms in total. The molecule has 0 spiro atoms. The van der Waals surface area contributed by atoms with E-state index in [1.807, 2.05) is 78.9 Å². The maximum atomic E-state index is 12.9. The van der Waals surface area contributed by atoms with E-state index >= 15 is 0 Å². The van der Waals surface area contributed by atoms with Crippen molar-refractivity contribution in [2.45, 2.75) is 18.9 Å². The van der Waals surface area contributed by atoms with Crippen molar-refractivity contribution in [2.24, 2.45) is 0 Å². The number of piperidine rings is 1. The lowest BCUT2D eigenvalue weighted by molar-refractivity contribution is 0.102. The number of likely N-dealkylation sites (tertiary alicyclic amines) is 1. The molecule has 0 bridgehead atoms. The van der Waals surface area contributed by atoms with Gasteiger partial charge in [0.05, 0.1) is 0 Å². The zero-order valence-electron chi connectivity index (χ0n) is 18.8. The fourth-order valence-electron chi connectivity index (χ4n) is 4.39. The van der Waals surface area contributed by atoms with Crippen LogP contribution in [0, 0.1) is 0 Å². The number of rotatable bonds is 5. The summed E-state index contributed by atoms with van der Waals surface area (Å²) in [6, 6.07) is 30.0. The Bertz CT molecular complexity index is 1240. The van der Waals surface area contributed by atoms with E-state index < -0.39 is 0 Å². The Balaban J connectivity index is 1.24. The zero-order valence-corrected chi connectivity index (χ0v) is 18.8. The minimum atomic E-state index is -0.102. The van der Waals surface area contributed by atoms with Crippen LogP contribution in [0.1, 0.15) is 23.2 Å². The van der Waals surface area contributed by atoms with Gasteiger partial charge < -0.3 is 15.0 Å². The molecule has 33 heavy (non-hydrogen) atoms. The first kappa shape index (κ1) is 21.2. The third-order valence-corrected chi connectivity index (χ3v) is 6.33. The normalized spacial score (nSPS) is 14.8. The number of carbonyl (C=O) groups excluding carboxylic acids is 1. The van der Waals surface area contributed by atoms with Crippen molar-refractivity contribution in [1.82, 2.24) is 4.90 Å². The Morgan fingerprint density at radius 2 is 1.45 bits per heavy atom. The highest BCUT2D eigenvalue weighted by molar-refractivity contribution is 6.12. The molecule has 1 saturated heterocycles. The zero-order chi connectivity index (χ0) is 22.6. The third kappa shape index (κ3) is 4.91. The average molecular weight is 437 g/mol. The standard InChI is InChI=1S/C29H28N2O2/c1-31-19-17-26(18-20-31)33-25-15-11-22(12-16-25)21-9-13-24(14-10-21)30-29(32)28-8-4-6-23-5-2-3-7-27(23)28/h2-16,26H,17-20H2,1H3,(H,30,32). The van der Waals surface area contributed by atoms with Crippen molar-refractivity contribution in [3.8, 4) is 16.9 Å². The first-order valence-corrected chi connectivity index (χ1v) is 11.5. The number of amides is 1. The second-order valence-electron chi connectivity index (χ2n) is 8.70. The van der Waals surface area contributed by atoms with Gasteiger partial charge in [0.1, 0.15) is 11.9 Å². The smallest absolute Gasteiger partial charge is 0.256 e. The number of hydrogen-bond donors (Lipinski definition) is 1. The molecule has 1 amide bonds. The van der Waals surface area contributed by atoms with E-state index in [-0.39, 0.29) is 5.91 Å². The van der Waals surface area contributed by atoms with E-state index in [2.05, 4.69) is 29.4 Å². The molecule has 0 aliphatic carbocycles. The Hall–Kier alpha value is -3.63. The van der Waals surface area contributed by atoms with Crippen LogP contribution in [0.5, 0.6) is 5.75 Å². The number of nitrogens with one attached hydrogen (secondary N) is 1.